The standard InChI is InChI=1S/C17H14N6OS/c24-16(18-11-15-21-20-14-8-4-5-9-22(14)15)13-10-19-17(25)23(13)12-6-2-1-3-7-12/h1-10H,11H2,(H,18,24)(H,19,25). The molecule has 2 N–H and O–H groups in total. The number of hydrogen-bond donors (Lipinski definition) is 2. The van der Waals surface area contributed by atoms with Gasteiger partial charge in [0.2, 0.25) is 0 Å². The fourth-order valence-corrected chi connectivity index (χ4v) is 2.89. The first kappa shape index (κ1) is 15.3. The first-order chi connectivity index (χ1) is 12.2. The Balaban J connectivity index is 1.59. The molecule has 124 valence electrons. The SMILES string of the molecule is O=C(NCc1nnc2ccccn12)c1c[nH]c(=S)n1-c1ccccc1. The Hall–Kier alpha value is -3.26. The summed E-state index contributed by atoms with van der Waals surface area (Å²) < 4.78 is 4.00. The van der Waals surface area contributed by atoms with Crippen LogP contribution in [0.1, 0.15) is 16.3 Å². The van der Waals surface area contributed by atoms with Crippen LogP contribution in [0.3, 0.4) is 0 Å². The lowest BCUT2D eigenvalue weighted by Crippen LogP contribution is -2.26. The van der Waals surface area contributed by atoms with Crippen molar-refractivity contribution in [3.63, 3.8) is 0 Å². The summed E-state index contributed by atoms with van der Waals surface area (Å²) in [5.41, 5.74) is 2.00. The number of para-hydroxylation sites is 1. The van der Waals surface area contributed by atoms with E-state index < -0.39 is 0 Å². The molecule has 0 spiro atoms. The van der Waals surface area contributed by atoms with Gasteiger partial charge in [-0.3, -0.25) is 13.8 Å². The number of carbonyl (C=O) groups is 1. The molecular formula is C17H14N6OS. The first-order valence-electron chi connectivity index (χ1n) is 7.67. The Bertz CT molecular complexity index is 1090. The molecule has 3 aromatic heterocycles. The third-order valence-corrected chi connectivity index (χ3v) is 4.12. The van der Waals surface area contributed by atoms with Crippen LogP contribution < -0.4 is 5.32 Å². The monoisotopic (exact) mass is 350 g/mol. The van der Waals surface area contributed by atoms with Gasteiger partial charge in [-0.15, -0.1) is 10.2 Å². The van der Waals surface area contributed by atoms with Gasteiger partial charge in [-0.1, -0.05) is 24.3 Å². The summed E-state index contributed by atoms with van der Waals surface area (Å²) in [6.07, 6.45) is 3.46. The van der Waals surface area contributed by atoms with E-state index in [1.165, 1.54) is 0 Å². The second kappa shape index (κ2) is 6.33. The van der Waals surface area contributed by atoms with Crippen molar-refractivity contribution in [2.24, 2.45) is 0 Å². The summed E-state index contributed by atoms with van der Waals surface area (Å²) in [7, 11) is 0. The van der Waals surface area contributed by atoms with Gasteiger partial charge in [0.25, 0.3) is 5.91 Å². The molecule has 0 unspecified atom stereocenters. The molecule has 0 fully saturated rings. The lowest BCUT2D eigenvalue weighted by molar-refractivity contribution is 0.0943. The Morgan fingerprint density at radius 1 is 1.12 bits per heavy atom. The molecule has 8 heteroatoms. The van der Waals surface area contributed by atoms with Crippen LogP contribution in [0.4, 0.5) is 0 Å². The largest absolute Gasteiger partial charge is 0.343 e. The van der Waals surface area contributed by atoms with Gasteiger partial charge in [0.15, 0.2) is 16.2 Å². The first-order valence-corrected chi connectivity index (χ1v) is 8.07. The highest BCUT2D eigenvalue weighted by atomic mass is 32.1. The summed E-state index contributed by atoms with van der Waals surface area (Å²) >= 11 is 5.30. The van der Waals surface area contributed by atoms with E-state index in [1.54, 1.807) is 10.8 Å². The fraction of sp³-hybridized carbons (Fsp3) is 0.0588. The molecule has 1 amide bonds. The number of aromatic amines is 1. The fourth-order valence-electron chi connectivity index (χ4n) is 2.63. The lowest BCUT2D eigenvalue weighted by Gasteiger charge is -2.08. The number of benzene rings is 1. The number of imidazole rings is 1. The van der Waals surface area contributed by atoms with Crippen molar-refractivity contribution in [1.82, 2.24) is 29.5 Å². The molecule has 0 aliphatic heterocycles. The molecule has 0 saturated carbocycles. The molecule has 4 aromatic rings. The van der Waals surface area contributed by atoms with Crippen molar-refractivity contribution in [3.8, 4) is 5.69 Å². The number of carbonyl (C=O) groups excluding carboxylic acids is 1. The van der Waals surface area contributed by atoms with Gasteiger partial charge < -0.3 is 10.3 Å². The van der Waals surface area contributed by atoms with Crippen LogP contribution >= 0.6 is 12.2 Å². The van der Waals surface area contributed by atoms with Gasteiger partial charge in [-0.05, 0) is 36.5 Å². The molecule has 0 aliphatic rings. The van der Waals surface area contributed by atoms with Crippen molar-refractivity contribution in [2.45, 2.75) is 6.54 Å². The van der Waals surface area contributed by atoms with Crippen LogP contribution in [-0.4, -0.2) is 30.1 Å². The molecule has 4 rings (SSSR count). The minimum absolute atomic E-state index is 0.246. The molecule has 0 radical (unpaired) electrons. The predicted molar refractivity (Wildman–Crippen MR) is 95.1 cm³/mol. The van der Waals surface area contributed by atoms with Crippen LogP contribution in [0.15, 0.2) is 60.9 Å². The van der Waals surface area contributed by atoms with Gasteiger partial charge >= 0.3 is 0 Å². The second-order valence-electron chi connectivity index (χ2n) is 5.38. The number of nitrogens with zero attached hydrogens (tertiary/aromatic N) is 4. The Morgan fingerprint density at radius 2 is 1.92 bits per heavy atom. The van der Waals surface area contributed by atoms with Crippen LogP contribution in [0, 0.1) is 4.77 Å². The average molecular weight is 350 g/mol. The number of pyridine rings is 1. The zero-order chi connectivity index (χ0) is 17.2. The summed E-state index contributed by atoms with van der Waals surface area (Å²) in [6, 6.07) is 15.1. The van der Waals surface area contributed by atoms with Crippen LogP contribution in [0.25, 0.3) is 11.3 Å². The maximum atomic E-state index is 12.6. The van der Waals surface area contributed by atoms with E-state index >= 15 is 0 Å². The number of fused-ring (bicyclic) bond motifs is 1. The number of nitrogens with one attached hydrogen (secondary N) is 2. The highest BCUT2D eigenvalue weighted by Gasteiger charge is 2.15. The highest BCUT2D eigenvalue weighted by Crippen LogP contribution is 2.12. The van der Waals surface area contributed by atoms with Crippen LogP contribution in [-0.2, 0) is 6.54 Å². The van der Waals surface area contributed by atoms with E-state index in [9.17, 15) is 4.79 Å². The molecule has 0 bridgehead atoms. The summed E-state index contributed by atoms with van der Waals surface area (Å²) in [5, 5.41) is 11.0. The number of rotatable bonds is 4. The number of H-pyrrole nitrogens is 1. The topological polar surface area (TPSA) is 80.0 Å². The van der Waals surface area contributed by atoms with Crippen molar-refractivity contribution in [1.29, 1.82) is 0 Å². The van der Waals surface area contributed by atoms with Crippen molar-refractivity contribution in [2.75, 3.05) is 0 Å². The van der Waals surface area contributed by atoms with E-state index in [0.717, 1.165) is 11.3 Å². The van der Waals surface area contributed by atoms with Crippen molar-refractivity contribution >= 4 is 23.8 Å². The van der Waals surface area contributed by atoms with Gasteiger partial charge in [0, 0.05) is 18.1 Å². The molecule has 0 aliphatic carbocycles. The van der Waals surface area contributed by atoms with E-state index in [2.05, 4.69) is 20.5 Å². The molecule has 25 heavy (non-hydrogen) atoms. The maximum absolute atomic E-state index is 12.6. The minimum Gasteiger partial charge on any atom is -0.343 e. The van der Waals surface area contributed by atoms with E-state index in [-0.39, 0.29) is 12.5 Å². The third kappa shape index (κ3) is 2.83. The van der Waals surface area contributed by atoms with Crippen LogP contribution in [0.5, 0.6) is 0 Å². The normalized spacial score (nSPS) is 10.9. The second-order valence-corrected chi connectivity index (χ2v) is 5.76. The number of aromatic nitrogens is 5. The van der Waals surface area contributed by atoms with Gasteiger partial charge in [0.05, 0.1) is 6.54 Å². The minimum atomic E-state index is -0.246. The summed E-state index contributed by atoms with van der Waals surface area (Å²) in [6.45, 7) is 0.261. The van der Waals surface area contributed by atoms with Gasteiger partial charge in [-0.2, -0.15) is 0 Å². The Kier molecular flexibility index (Phi) is 3.87. The molecular weight excluding hydrogens is 336 g/mol. The molecule has 3 heterocycles. The summed E-state index contributed by atoms with van der Waals surface area (Å²) in [5.74, 6) is 0.410. The molecule has 1 aromatic carbocycles. The maximum Gasteiger partial charge on any atom is 0.270 e. The third-order valence-electron chi connectivity index (χ3n) is 3.81. The molecule has 0 saturated heterocycles. The smallest absolute Gasteiger partial charge is 0.270 e. The molecule has 7 nitrogen and oxygen atoms in total. The van der Waals surface area contributed by atoms with Gasteiger partial charge in [-0.25, -0.2) is 0 Å². The van der Waals surface area contributed by atoms with E-state index in [4.69, 9.17) is 12.2 Å². The summed E-state index contributed by atoms with van der Waals surface area (Å²) in [4.78, 5) is 15.6. The molecule has 0 atom stereocenters. The lowest BCUT2D eigenvalue weighted by atomic mass is 10.3. The average Bonchev–Trinajstić information content (AvgIpc) is 3.24. The predicted octanol–water partition coefficient (Wildman–Crippen LogP) is 2.51. The Labute approximate surface area is 148 Å². The van der Waals surface area contributed by atoms with Crippen molar-refractivity contribution < 1.29 is 4.79 Å². The number of amides is 1. The zero-order valence-corrected chi connectivity index (χ0v) is 13.9. The quantitative estimate of drug-likeness (QED) is 0.554. The highest BCUT2D eigenvalue weighted by molar-refractivity contribution is 7.71. The van der Waals surface area contributed by atoms with E-state index in [0.29, 0.717) is 16.3 Å². The zero-order valence-electron chi connectivity index (χ0n) is 13.1. The van der Waals surface area contributed by atoms with Crippen molar-refractivity contribution in [3.05, 3.63) is 77.2 Å². The van der Waals surface area contributed by atoms with Gasteiger partial charge in [0.1, 0.15) is 5.69 Å². The Morgan fingerprint density at radius 3 is 2.76 bits per heavy atom. The number of hydrogen-bond acceptors (Lipinski definition) is 4. The van der Waals surface area contributed by atoms with E-state index in [1.807, 2.05) is 59.1 Å². The van der Waals surface area contributed by atoms with Crippen LogP contribution in [0.2, 0.25) is 0 Å².